The number of rotatable bonds is 2. The lowest BCUT2D eigenvalue weighted by Crippen LogP contribution is -2.37. The molecule has 22 heavy (non-hydrogen) atoms. The standard InChI is InChI=1S/C16H20ClN4O/c1-4-13(22)20-7-5-11(6-8-20)12-9-21(2,3)16-14(12)15(17)18-10-19-16/h4,9-11H,1,5-8H2,2-3H3/q+1. The van der Waals surface area contributed by atoms with Crippen LogP contribution in [0.3, 0.4) is 0 Å². The Bertz CT molecular complexity index is 660. The number of halogens is 1. The van der Waals surface area contributed by atoms with Crippen molar-refractivity contribution in [3.8, 4) is 0 Å². The van der Waals surface area contributed by atoms with Crippen molar-refractivity contribution < 1.29 is 4.79 Å². The molecule has 1 aromatic rings. The number of hydrogen-bond acceptors (Lipinski definition) is 3. The van der Waals surface area contributed by atoms with Gasteiger partial charge in [0.1, 0.15) is 23.2 Å². The van der Waals surface area contributed by atoms with Gasteiger partial charge in [0.2, 0.25) is 11.7 Å². The van der Waals surface area contributed by atoms with Gasteiger partial charge in [-0.25, -0.2) is 4.98 Å². The SMILES string of the molecule is C=CC(=O)N1CCC(C2=C[N+](C)(C)c3ncnc(Cl)c32)CC1. The molecule has 3 heterocycles. The summed E-state index contributed by atoms with van der Waals surface area (Å²) in [5, 5.41) is 0.518. The molecule has 1 aromatic heterocycles. The van der Waals surface area contributed by atoms with Crippen LogP contribution in [-0.4, -0.2) is 48.0 Å². The summed E-state index contributed by atoms with van der Waals surface area (Å²) in [7, 11) is 4.18. The van der Waals surface area contributed by atoms with Gasteiger partial charge in [0.05, 0.1) is 14.1 Å². The molecule has 0 saturated carbocycles. The van der Waals surface area contributed by atoms with Crippen LogP contribution in [0, 0.1) is 5.92 Å². The van der Waals surface area contributed by atoms with Crippen molar-refractivity contribution in [3.63, 3.8) is 0 Å². The summed E-state index contributed by atoms with van der Waals surface area (Å²) in [5.41, 5.74) is 2.19. The fourth-order valence-corrected chi connectivity index (χ4v) is 3.60. The van der Waals surface area contributed by atoms with Crippen LogP contribution in [0.4, 0.5) is 5.82 Å². The molecule has 2 aliphatic rings. The van der Waals surface area contributed by atoms with E-state index in [9.17, 15) is 4.79 Å². The molecule has 0 radical (unpaired) electrons. The Morgan fingerprint density at radius 1 is 1.41 bits per heavy atom. The van der Waals surface area contributed by atoms with E-state index in [1.807, 2.05) is 4.90 Å². The molecule has 1 saturated heterocycles. The van der Waals surface area contributed by atoms with Gasteiger partial charge in [0.15, 0.2) is 0 Å². The van der Waals surface area contributed by atoms with E-state index in [2.05, 4.69) is 36.8 Å². The number of fused-ring (bicyclic) bond motifs is 1. The molecule has 0 unspecified atom stereocenters. The quantitative estimate of drug-likeness (QED) is 0.478. The zero-order valence-corrected chi connectivity index (χ0v) is 13.7. The fraction of sp³-hybridized carbons (Fsp3) is 0.438. The Morgan fingerprint density at radius 2 is 2.09 bits per heavy atom. The van der Waals surface area contributed by atoms with Crippen LogP contribution >= 0.6 is 11.6 Å². The smallest absolute Gasteiger partial charge is 0.245 e. The molecule has 0 spiro atoms. The van der Waals surface area contributed by atoms with Gasteiger partial charge in [0, 0.05) is 18.7 Å². The normalized spacial score (nSPS) is 20.5. The minimum atomic E-state index is 0.0109. The second-order valence-electron chi connectivity index (χ2n) is 6.29. The number of allylic oxidation sites excluding steroid dienone is 1. The third-order valence-electron chi connectivity index (χ3n) is 4.50. The van der Waals surface area contributed by atoms with Crippen LogP contribution in [0.25, 0.3) is 5.57 Å². The van der Waals surface area contributed by atoms with Crippen LogP contribution < -0.4 is 4.48 Å². The highest BCUT2D eigenvalue weighted by molar-refractivity contribution is 6.31. The van der Waals surface area contributed by atoms with Crippen molar-refractivity contribution >= 4 is 28.9 Å². The number of likely N-dealkylation sites (tertiary alicyclic amines) is 1. The highest BCUT2D eigenvalue weighted by Gasteiger charge is 2.39. The van der Waals surface area contributed by atoms with Gasteiger partial charge in [-0.3, -0.25) is 9.28 Å². The predicted molar refractivity (Wildman–Crippen MR) is 88.2 cm³/mol. The molecular weight excluding hydrogens is 300 g/mol. The number of carbonyl (C=O) groups excluding carboxylic acids is 1. The van der Waals surface area contributed by atoms with Crippen LogP contribution in [0.15, 0.2) is 25.2 Å². The molecule has 116 valence electrons. The van der Waals surface area contributed by atoms with E-state index in [0.29, 0.717) is 15.6 Å². The Balaban J connectivity index is 1.86. The van der Waals surface area contributed by atoms with E-state index in [0.717, 1.165) is 37.3 Å². The lowest BCUT2D eigenvalue weighted by Gasteiger charge is -2.31. The van der Waals surface area contributed by atoms with Gasteiger partial charge in [-0.05, 0) is 24.8 Å². The third-order valence-corrected chi connectivity index (χ3v) is 4.79. The van der Waals surface area contributed by atoms with Crippen molar-refractivity contribution in [2.24, 2.45) is 5.92 Å². The van der Waals surface area contributed by atoms with Crippen molar-refractivity contribution in [2.75, 3.05) is 27.2 Å². The van der Waals surface area contributed by atoms with Gasteiger partial charge >= 0.3 is 0 Å². The number of quaternary nitrogens is 1. The lowest BCUT2D eigenvalue weighted by molar-refractivity contribution is -0.127. The summed E-state index contributed by atoms with van der Waals surface area (Å²) >= 11 is 6.33. The maximum absolute atomic E-state index is 11.7. The van der Waals surface area contributed by atoms with E-state index in [-0.39, 0.29) is 5.91 Å². The monoisotopic (exact) mass is 319 g/mol. The van der Waals surface area contributed by atoms with Gasteiger partial charge in [0.25, 0.3) is 0 Å². The first kappa shape index (κ1) is 15.2. The molecule has 0 aromatic carbocycles. The molecule has 1 amide bonds. The van der Waals surface area contributed by atoms with E-state index in [4.69, 9.17) is 11.6 Å². The molecule has 0 atom stereocenters. The molecule has 5 nitrogen and oxygen atoms in total. The number of amides is 1. The molecule has 2 aliphatic heterocycles. The lowest BCUT2D eigenvalue weighted by atomic mass is 9.87. The molecule has 0 aliphatic carbocycles. The zero-order valence-electron chi connectivity index (χ0n) is 12.9. The average molecular weight is 320 g/mol. The summed E-state index contributed by atoms with van der Waals surface area (Å²) in [6.07, 6.45) is 6.96. The summed E-state index contributed by atoms with van der Waals surface area (Å²) in [6, 6.07) is 0. The third kappa shape index (κ3) is 2.44. The van der Waals surface area contributed by atoms with Gasteiger partial charge in [-0.1, -0.05) is 18.2 Å². The van der Waals surface area contributed by atoms with Gasteiger partial charge in [-0.15, -0.1) is 0 Å². The van der Waals surface area contributed by atoms with Crippen LogP contribution in [0.1, 0.15) is 18.4 Å². The molecule has 6 heteroatoms. The number of carbonyl (C=O) groups is 1. The average Bonchev–Trinajstić information content (AvgIpc) is 2.80. The number of nitrogens with zero attached hydrogens (tertiary/aromatic N) is 4. The van der Waals surface area contributed by atoms with E-state index < -0.39 is 0 Å². The predicted octanol–water partition coefficient (Wildman–Crippen LogP) is 2.48. The first-order chi connectivity index (χ1) is 10.4. The molecular formula is C16H20ClN4O+. The van der Waals surface area contributed by atoms with Crippen molar-refractivity contribution in [1.29, 1.82) is 0 Å². The second-order valence-corrected chi connectivity index (χ2v) is 6.65. The fourth-order valence-electron chi connectivity index (χ4n) is 3.36. The van der Waals surface area contributed by atoms with Crippen LogP contribution in [0.2, 0.25) is 5.15 Å². The Labute approximate surface area is 135 Å². The first-order valence-electron chi connectivity index (χ1n) is 7.43. The molecule has 3 rings (SSSR count). The van der Waals surface area contributed by atoms with Crippen molar-refractivity contribution in [1.82, 2.24) is 19.4 Å². The highest BCUT2D eigenvalue weighted by Crippen LogP contribution is 2.45. The van der Waals surface area contributed by atoms with Crippen LogP contribution in [-0.2, 0) is 4.79 Å². The van der Waals surface area contributed by atoms with Crippen LogP contribution in [0.5, 0.6) is 0 Å². The minimum absolute atomic E-state index is 0.0109. The van der Waals surface area contributed by atoms with Gasteiger partial charge < -0.3 is 4.90 Å². The molecule has 0 N–H and O–H groups in total. The summed E-state index contributed by atoms with van der Waals surface area (Å²) in [4.78, 5) is 22.1. The van der Waals surface area contributed by atoms with Gasteiger partial charge in [-0.2, -0.15) is 4.98 Å². The Morgan fingerprint density at radius 3 is 2.73 bits per heavy atom. The maximum Gasteiger partial charge on any atom is 0.245 e. The highest BCUT2D eigenvalue weighted by atomic mass is 35.5. The minimum Gasteiger partial charge on any atom is -0.339 e. The van der Waals surface area contributed by atoms with E-state index in [1.165, 1.54) is 18.0 Å². The van der Waals surface area contributed by atoms with Crippen molar-refractivity contribution in [2.45, 2.75) is 12.8 Å². The summed E-state index contributed by atoms with van der Waals surface area (Å²) in [5.74, 6) is 1.34. The number of hydrogen-bond donors (Lipinski definition) is 0. The Hall–Kier alpha value is -1.72. The maximum atomic E-state index is 11.7. The summed E-state index contributed by atoms with van der Waals surface area (Å²) in [6.45, 7) is 5.06. The zero-order chi connectivity index (χ0) is 15.9. The molecule has 1 fully saturated rings. The second kappa shape index (κ2) is 5.48. The Kier molecular flexibility index (Phi) is 3.78. The summed E-state index contributed by atoms with van der Waals surface area (Å²) < 4.78 is 0.582. The first-order valence-corrected chi connectivity index (χ1v) is 7.81. The molecule has 0 bridgehead atoms. The number of piperidine rings is 1. The van der Waals surface area contributed by atoms with E-state index in [1.54, 1.807) is 0 Å². The topological polar surface area (TPSA) is 46.1 Å². The van der Waals surface area contributed by atoms with Crippen molar-refractivity contribution in [3.05, 3.63) is 35.9 Å². The number of aromatic nitrogens is 2. The van der Waals surface area contributed by atoms with E-state index >= 15 is 0 Å². The largest absolute Gasteiger partial charge is 0.339 e.